The molecule has 8 nitrogen and oxygen atoms in total. The number of benzene rings is 2. The summed E-state index contributed by atoms with van der Waals surface area (Å²) in [6.45, 7) is 0.511. The molecule has 0 bridgehead atoms. The first-order valence-electron chi connectivity index (χ1n) is 7.96. The van der Waals surface area contributed by atoms with E-state index < -0.39 is 15.9 Å². The van der Waals surface area contributed by atoms with E-state index in [2.05, 4.69) is 9.82 Å². The van der Waals surface area contributed by atoms with Crippen LogP contribution in [-0.2, 0) is 16.6 Å². The van der Waals surface area contributed by atoms with Gasteiger partial charge < -0.3 is 10.5 Å². The van der Waals surface area contributed by atoms with Crippen molar-refractivity contribution in [1.82, 2.24) is 9.78 Å². The molecule has 0 fully saturated rings. The van der Waals surface area contributed by atoms with Crippen LogP contribution in [0.25, 0.3) is 0 Å². The molecule has 0 aliphatic heterocycles. The van der Waals surface area contributed by atoms with Crippen LogP contribution in [0.2, 0.25) is 0 Å². The summed E-state index contributed by atoms with van der Waals surface area (Å²) in [7, 11) is -2.53. The maximum atomic E-state index is 12.7. The quantitative estimate of drug-likeness (QED) is 0.643. The Morgan fingerprint density at radius 1 is 1.22 bits per heavy atom. The fraction of sp³-hybridized carbons (Fsp3) is 0.111. The number of primary amides is 1. The number of carbonyl (C=O) groups is 1. The first-order valence-corrected chi connectivity index (χ1v) is 9.44. The number of rotatable bonds is 7. The Hall–Kier alpha value is -3.33. The van der Waals surface area contributed by atoms with Gasteiger partial charge in [0, 0.05) is 18.1 Å². The second kappa shape index (κ2) is 7.50. The molecular weight excluding hydrogens is 368 g/mol. The van der Waals surface area contributed by atoms with Gasteiger partial charge in [-0.3, -0.25) is 14.2 Å². The normalized spacial score (nSPS) is 11.1. The molecule has 3 rings (SSSR count). The fourth-order valence-corrected chi connectivity index (χ4v) is 3.65. The summed E-state index contributed by atoms with van der Waals surface area (Å²) in [6.07, 6.45) is 3.49. The highest BCUT2D eigenvalue weighted by atomic mass is 32.2. The van der Waals surface area contributed by atoms with Crippen molar-refractivity contribution in [2.45, 2.75) is 11.4 Å². The number of nitrogens with zero attached hydrogens (tertiary/aromatic N) is 2. The number of aromatic nitrogens is 2. The van der Waals surface area contributed by atoms with Gasteiger partial charge in [0.05, 0.1) is 24.1 Å². The van der Waals surface area contributed by atoms with Crippen molar-refractivity contribution in [2.75, 3.05) is 11.8 Å². The van der Waals surface area contributed by atoms with Gasteiger partial charge in [0.15, 0.2) is 0 Å². The summed E-state index contributed by atoms with van der Waals surface area (Å²) in [5.41, 5.74) is 6.57. The average Bonchev–Trinajstić information content (AvgIpc) is 3.14. The Balaban J connectivity index is 1.86. The zero-order chi connectivity index (χ0) is 19.4. The summed E-state index contributed by atoms with van der Waals surface area (Å²) in [5.74, 6) is -0.562. The molecule has 1 amide bonds. The second-order valence-corrected chi connectivity index (χ2v) is 7.42. The number of methoxy groups -OCH3 is 1. The van der Waals surface area contributed by atoms with E-state index >= 15 is 0 Å². The van der Waals surface area contributed by atoms with Crippen molar-refractivity contribution in [3.8, 4) is 5.75 Å². The van der Waals surface area contributed by atoms with Crippen LogP contribution in [0, 0.1) is 0 Å². The monoisotopic (exact) mass is 386 g/mol. The number of carbonyl (C=O) groups excluding carboxylic acids is 1. The molecule has 3 N–H and O–H groups in total. The van der Waals surface area contributed by atoms with E-state index in [0.29, 0.717) is 12.2 Å². The van der Waals surface area contributed by atoms with Crippen LogP contribution in [-0.4, -0.2) is 31.2 Å². The van der Waals surface area contributed by atoms with E-state index in [0.717, 1.165) is 5.56 Å². The van der Waals surface area contributed by atoms with Crippen LogP contribution < -0.4 is 15.2 Å². The molecule has 1 heterocycles. The number of hydrogen-bond donors (Lipinski definition) is 2. The van der Waals surface area contributed by atoms with Gasteiger partial charge in [-0.2, -0.15) is 5.10 Å². The van der Waals surface area contributed by atoms with Gasteiger partial charge in [0.1, 0.15) is 5.75 Å². The molecule has 140 valence electrons. The van der Waals surface area contributed by atoms with Gasteiger partial charge in [-0.15, -0.1) is 0 Å². The third kappa shape index (κ3) is 4.26. The molecule has 0 saturated carbocycles. The molecule has 0 aliphatic rings. The second-order valence-electron chi connectivity index (χ2n) is 5.74. The van der Waals surface area contributed by atoms with E-state index in [9.17, 15) is 13.2 Å². The standard InChI is InChI=1S/C18H18N4O4S/c1-26-17-7-6-15(11-16(17)18(19)23)27(24,25)21-14-5-2-4-13(10-14)12-22-9-3-8-20-22/h2-11,21H,12H2,1H3,(H2,19,23). The number of amides is 1. The van der Waals surface area contributed by atoms with Crippen molar-refractivity contribution in [3.05, 3.63) is 72.1 Å². The zero-order valence-electron chi connectivity index (χ0n) is 14.5. The zero-order valence-corrected chi connectivity index (χ0v) is 15.3. The highest BCUT2D eigenvalue weighted by Gasteiger charge is 2.19. The molecule has 0 saturated heterocycles. The summed E-state index contributed by atoms with van der Waals surface area (Å²) in [5, 5.41) is 4.13. The lowest BCUT2D eigenvalue weighted by atomic mass is 10.2. The molecular formula is C18H18N4O4S. The number of sulfonamides is 1. The SMILES string of the molecule is COc1ccc(S(=O)(=O)Nc2cccc(Cn3cccn3)c2)cc1C(N)=O. The predicted octanol–water partition coefficient (Wildman–Crippen LogP) is 1.84. The van der Waals surface area contributed by atoms with Crippen molar-refractivity contribution >= 4 is 21.6 Å². The van der Waals surface area contributed by atoms with Gasteiger partial charge in [0.2, 0.25) is 0 Å². The first-order chi connectivity index (χ1) is 12.9. The van der Waals surface area contributed by atoms with Crippen LogP contribution in [0.5, 0.6) is 5.75 Å². The molecule has 2 aromatic carbocycles. The third-order valence-electron chi connectivity index (χ3n) is 3.83. The van der Waals surface area contributed by atoms with Gasteiger partial charge in [-0.25, -0.2) is 8.42 Å². The first kappa shape index (κ1) is 18.5. The lowest BCUT2D eigenvalue weighted by Crippen LogP contribution is -2.17. The number of ether oxygens (including phenoxy) is 1. The summed E-state index contributed by atoms with van der Waals surface area (Å²) >= 11 is 0. The van der Waals surface area contributed by atoms with Crippen LogP contribution in [0.15, 0.2) is 65.8 Å². The van der Waals surface area contributed by atoms with E-state index in [1.54, 1.807) is 29.1 Å². The Labute approximate surface area is 156 Å². The van der Waals surface area contributed by atoms with Crippen molar-refractivity contribution < 1.29 is 17.9 Å². The summed E-state index contributed by atoms with van der Waals surface area (Å²) in [4.78, 5) is 11.4. The van der Waals surface area contributed by atoms with Crippen molar-refractivity contribution in [2.24, 2.45) is 5.73 Å². The highest BCUT2D eigenvalue weighted by molar-refractivity contribution is 7.92. The Kier molecular flexibility index (Phi) is 5.13. The lowest BCUT2D eigenvalue weighted by molar-refractivity contribution is 0.0997. The fourth-order valence-electron chi connectivity index (χ4n) is 2.58. The summed E-state index contributed by atoms with van der Waals surface area (Å²) < 4.78 is 34.6. The van der Waals surface area contributed by atoms with Crippen LogP contribution in [0.3, 0.4) is 0 Å². The number of hydrogen-bond acceptors (Lipinski definition) is 5. The maximum absolute atomic E-state index is 12.7. The van der Waals surface area contributed by atoms with E-state index in [-0.39, 0.29) is 16.2 Å². The molecule has 27 heavy (non-hydrogen) atoms. The van der Waals surface area contributed by atoms with E-state index in [1.165, 1.54) is 25.3 Å². The van der Waals surface area contributed by atoms with Crippen molar-refractivity contribution in [1.29, 1.82) is 0 Å². The molecule has 0 atom stereocenters. The molecule has 3 aromatic rings. The van der Waals surface area contributed by atoms with Crippen LogP contribution >= 0.6 is 0 Å². The maximum Gasteiger partial charge on any atom is 0.261 e. The average molecular weight is 386 g/mol. The Bertz CT molecular complexity index is 1060. The molecule has 0 unspecified atom stereocenters. The summed E-state index contributed by atoms with van der Waals surface area (Å²) in [6, 6.07) is 12.7. The van der Waals surface area contributed by atoms with Gasteiger partial charge >= 0.3 is 0 Å². The number of nitrogens with one attached hydrogen (secondary N) is 1. The number of anilines is 1. The molecule has 0 aliphatic carbocycles. The smallest absolute Gasteiger partial charge is 0.261 e. The molecule has 9 heteroatoms. The molecule has 0 radical (unpaired) electrons. The minimum absolute atomic E-state index is 0.00666. The Morgan fingerprint density at radius 3 is 2.70 bits per heavy atom. The van der Waals surface area contributed by atoms with Gasteiger partial charge in [0.25, 0.3) is 15.9 Å². The van der Waals surface area contributed by atoms with E-state index in [1.807, 2.05) is 18.3 Å². The minimum Gasteiger partial charge on any atom is -0.496 e. The Morgan fingerprint density at radius 2 is 2.04 bits per heavy atom. The third-order valence-corrected chi connectivity index (χ3v) is 5.21. The van der Waals surface area contributed by atoms with Crippen LogP contribution in [0.1, 0.15) is 15.9 Å². The topological polar surface area (TPSA) is 116 Å². The molecule has 1 aromatic heterocycles. The largest absolute Gasteiger partial charge is 0.496 e. The van der Waals surface area contributed by atoms with Crippen LogP contribution in [0.4, 0.5) is 5.69 Å². The minimum atomic E-state index is -3.91. The van der Waals surface area contributed by atoms with Gasteiger partial charge in [-0.05, 0) is 42.0 Å². The number of nitrogens with two attached hydrogens (primary N) is 1. The lowest BCUT2D eigenvalue weighted by Gasteiger charge is -2.12. The van der Waals surface area contributed by atoms with Gasteiger partial charge in [-0.1, -0.05) is 12.1 Å². The molecule has 0 spiro atoms. The van der Waals surface area contributed by atoms with Crippen molar-refractivity contribution in [3.63, 3.8) is 0 Å². The highest BCUT2D eigenvalue weighted by Crippen LogP contribution is 2.24. The van der Waals surface area contributed by atoms with E-state index in [4.69, 9.17) is 10.5 Å². The predicted molar refractivity (Wildman–Crippen MR) is 100 cm³/mol.